The summed E-state index contributed by atoms with van der Waals surface area (Å²) < 4.78 is 15.6. The molecule has 1 fully saturated rings. The summed E-state index contributed by atoms with van der Waals surface area (Å²) in [5.41, 5.74) is 1.38. The summed E-state index contributed by atoms with van der Waals surface area (Å²) in [6.07, 6.45) is 1.37. The molecule has 2 heterocycles. The van der Waals surface area contributed by atoms with E-state index < -0.39 is 0 Å². The fourth-order valence-electron chi connectivity index (χ4n) is 3.10. The molecule has 1 N–H and O–H groups in total. The van der Waals surface area contributed by atoms with Crippen LogP contribution in [-0.4, -0.2) is 73.8 Å². The summed E-state index contributed by atoms with van der Waals surface area (Å²) in [6.45, 7) is 3.99. The van der Waals surface area contributed by atoms with Crippen LogP contribution in [0.4, 0.5) is 4.79 Å². The van der Waals surface area contributed by atoms with E-state index in [1.165, 1.54) is 0 Å². The molecule has 3 rings (SSSR count). The number of hydrogen-bond acceptors (Lipinski definition) is 5. The third-order valence-corrected chi connectivity index (χ3v) is 4.51. The molecule has 1 saturated heterocycles. The summed E-state index contributed by atoms with van der Waals surface area (Å²) in [7, 11) is 3.13. The number of nitrogens with zero attached hydrogens (tertiary/aromatic N) is 2. The second kappa shape index (κ2) is 7.55. The van der Waals surface area contributed by atoms with Gasteiger partial charge in [0, 0.05) is 43.8 Å². The summed E-state index contributed by atoms with van der Waals surface area (Å²) in [5, 5.41) is 0.778. The molecule has 0 bridgehead atoms. The number of methoxy groups -OCH3 is 2. The van der Waals surface area contributed by atoms with Gasteiger partial charge in [-0.05, 0) is 13.0 Å². The number of piperazine rings is 1. The molecule has 8 heteroatoms. The molecule has 0 saturated carbocycles. The summed E-state index contributed by atoms with van der Waals surface area (Å²) >= 11 is 0. The van der Waals surface area contributed by atoms with Crippen LogP contribution in [0.15, 0.2) is 18.3 Å². The van der Waals surface area contributed by atoms with Crippen molar-refractivity contribution in [1.29, 1.82) is 0 Å². The first-order chi connectivity index (χ1) is 12.6. The molecule has 26 heavy (non-hydrogen) atoms. The number of carbonyl (C=O) groups excluding carboxylic acids is 2. The van der Waals surface area contributed by atoms with Gasteiger partial charge in [0.15, 0.2) is 11.5 Å². The highest BCUT2D eigenvalue weighted by Gasteiger charge is 2.27. The molecule has 140 valence electrons. The van der Waals surface area contributed by atoms with Crippen molar-refractivity contribution in [3.63, 3.8) is 0 Å². The van der Waals surface area contributed by atoms with E-state index in [0.29, 0.717) is 49.8 Å². The molecule has 0 atom stereocenters. The lowest BCUT2D eigenvalue weighted by atomic mass is 10.1. The van der Waals surface area contributed by atoms with Crippen LogP contribution in [0.1, 0.15) is 17.3 Å². The highest BCUT2D eigenvalue weighted by atomic mass is 16.6. The van der Waals surface area contributed by atoms with Crippen LogP contribution in [-0.2, 0) is 4.74 Å². The number of aromatic amines is 1. The van der Waals surface area contributed by atoms with Gasteiger partial charge in [-0.2, -0.15) is 0 Å². The fourth-order valence-corrected chi connectivity index (χ4v) is 3.10. The smallest absolute Gasteiger partial charge is 0.409 e. The van der Waals surface area contributed by atoms with Gasteiger partial charge >= 0.3 is 6.09 Å². The number of ether oxygens (including phenoxy) is 3. The number of carbonyl (C=O) groups is 2. The van der Waals surface area contributed by atoms with Crippen LogP contribution < -0.4 is 9.47 Å². The Labute approximate surface area is 151 Å². The minimum atomic E-state index is -0.330. The maximum atomic E-state index is 12.9. The van der Waals surface area contributed by atoms with Crippen LogP contribution in [0, 0.1) is 0 Å². The summed E-state index contributed by atoms with van der Waals surface area (Å²) in [4.78, 5) is 31.2. The predicted molar refractivity (Wildman–Crippen MR) is 95.9 cm³/mol. The first-order valence-corrected chi connectivity index (χ1v) is 8.53. The Kier molecular flexibility index (Phi) is 5.20. The van der Waals surface area contributed by atoms with Crippen LogP contribution in [0.3, 0.4) is 0 Å². The zero-order valence-electron chi connectivity index (χ0n) is 15.2. The van der Waals surface area contributed by atoms with E-state index in [9.17, 15) is 9.59 Å². The quantitative estimate of drug-likeness (QED) is 0.902. The second-order valence-electron chi connectivity index (χ2n) is 5.93. The van der Waals surface area contributed by atoms with Gasteiger partial charge in [0.2, 0.25) is 0 Å². The topological polar surface area (TPSA) is 84.1 Å². The first-order valence-electron chi connectivity index (χ1n) is 8.53. The molecule has 2 amide bonds. The van der Waals surface area contributed by atoms with Crippen molar-refractivity contribution >= 4 is 22.9 Å². The normalized spacial score (nSPS) is 14.4. The Hall–Kier alpha value is -2.90. The Morgan fingerprint density at radius 1 is 1.04 bits per heavy atom. The standard InChI is InChI=1S/C18H23N3O5/c1-4-26-18(23)21-7-5-20(6-8-21)17(22)13-11-19-14-10-16(25-3)15(24-2)9-12(13)14/h9-11,19H,4-8H2,1-3H3. The van der Waals surface area contributed by atoms with Crippen molar-refractivity contribution in [1.82, 2.24) is 14.8 Å². The van der Waals surface area contributed by atoms with Gasteiger partial charge < -0.3 is 29.0 Å². The molecule has 0 spiro atoms. The van der Waals surface area contributed by atoms with Crippen molar-refractivity contribution in [3.05, 3.63) is 23.9 Å². The van der Waals surface area contributed by atoms with Crippen molar-refractivity contribution in [2.24, 2.45) is 0 Å². The largest absolute Gasteiger partial charge is 0.493 e. The molecule has 0 aliphatic carbocycles. The Bertz CT molecular complexity index is 809. The fraction of sp³-hybridized carbons (Fsp3) is 0.444. The van der Waals surface area contributed by atoms with Gasteiger partial charge in [0.25, 0.3) is 5.91 Å². The molecular formula is C18H23N3O5. The molecule has 0 unspecified atom stereocenters. The SMILES string of the molecule is CCOC(=O)N1CCN(C(=O)c2c[nH]c3cc(OC)c(OC)cc23)CC1. The third-order valence-electron chi connectivity index (χ3n) is 4.51. The number of aromatic nitrogens is 1. The van der Waals surface area contributed by atoms with Crippen molar-refractivity contribution in [2.45, 2.75) is 6.92 Å². The van der Waals surface area contributed by atoms with Crippen molar-refractivity contribution in [2.75, 3.05) is 47.0 Å². The molecule has 0 radical (unpaired) electrons. The summed E-state index contributed by atoms with van der Waals surface area (Å²) in [5.74, 6) is 1.09. The number of amides is 2. The number of hydrogen-bond donors (Lipinski definition) is 1. The van der Waals surface area contributed by atoms with Gasteiger partial charge in [-0.25, -0.2) is 4.79 Å². The Morgan fingerprint density at radius 3 is 2.27 bits per heavy atom. The molecule has 1 aliphatic heterocycles. The van der Waals surface area contributed by atoms with E-state index in [-0.39, 0.29) is 12.0 Å². The predicted octanol–water partition coefficient (Wildman–Crippen LogP) is 2.10. The molecule has 1 aliphatic rings. The number of nitrogens with one attached hydrogen (secondary N) is 1. The molecule has 1 aromatic carbocycles. The first kappa shape index (κ1) is 17.9. The van der Waals surface area contributed by atoms with Gasteiger partial charge in [-0.1, -0.05) is 0 Å². The van der Waals surface area contributed by atoms with Gasteiger partial charge in [-0.3, -0.25) is 4.79 Å². The van der Waals surface area contributed by atoms with Crippen LogP contribution >= 0.6 is 0 Å². The van der Waals surface area contributed by atoms with Gasteiger partial charge in [-0.15, -0.1) is 0 Å². The molecule has 8 nitrogen and oxygen atoms in total. The molecule has 2 aromatic rings. The average molecular weight is 361 g/mol. The number of benzene rings is 1. The number of rotatable bonds is 4. The molecule has 1 aromatic heterocycles. The maximum absolute atomic E-state index is 12.9. The van der Waals surface area contributed by atoms with E-state index in [1.807, 2.05) is 6.07 Å². The maximum Gasteiger partial charge on any atom is 0.409 e. The molecular weight excluding hydrogens is 338 g/mol. The van der Waals surface area contributed by atoms with E-state index >= 15 is 0 Å². The second-order valence-corrected chi connectivity index (χ2v) is 5.93. The van der Waals surface area contributed by atoms with Crippen molar-refractivity contribution < 1.29 is 23.8 Å². The minimum Gasteiger partial charge on any atom is -0.493 e. The highest BCUT2D eigenvalue weighted by molar-refractivity contribution is 6.07. The van der Waals surface area contributed by atoms with Gasteiger partial charge in [0.1, 0.15) is 0 Å². The van der Waals surface area contributed by atoms with Crippen LogP contribution in [0.25, 0.3) is 10.9 Å². The van der Waals surface area contributed by atoms with Gasteiger partial charge in [0.05, 0.1) is 31.9 Å². The van der Waals surface area contributed by atoms with E-state index in [1.54, 1.807) is 43.2 Å². The monoisotopic (exact) mass is 361 g/mol. The number of H-pyrrole nitrogens is 1. The summed E-state index contributed by atoms with van der Waals surface area (Å²) in [6, 6.07) is 3.61. The number of fused-ring (bicyclic) bond motifs is 1. The van der Waals surface area contributed by atoms with Crippen molar-refractivity contribution in [3.8, 4) is 11.5 Å². The lowest BCUT2D eigenvalue weighted by Gasteiger charge is -2.34. The third kappa shape index (κ3) is 3.26. The van der Waals surface area contributed by atoms with Crippen LogP contribution in [0.2, 0.25) is 0 Å². The zero-order chi connectivity index (χ0) is 18.7. The van der Waals surface area contributed by atoms with E-state index in [0.717, 1.165) is 10.9 Å². The average Bonchev–Trinajstić information content (AvgIpc) is 3.09. The van der Waals surface area contributed by atoms with Crippen LogP contribution in [0.5, 0.6) is 11.5 Å². The minimum absolute atomic E-state index is 0.0769. The lowest BCUT2D eigenvalue weighted by Crippen LogP contribution is -2.50. The van der Waals surface area contributed by atoms with E-state index in [2.05, 4.69) is 4.98 Å². The van der Waals surface area contributed by atoms with E-state index in [4.69, 9.17) is 14.2 Å². The lowest BCUT2D eigenvalue weighted by molar-refractivity contribution is 0.0572. The zero-order valence-corrected chi connectivity index (χ0v) is 15.2. The Morgan fingerprint density at radius 2 is 1.65 bits per heavy atom. The highest BCUT2D eigenvalue weighted by Crippen LogP contribution is 2.33. The Balaban J connectivity index is 1.77.